The third-order valence-electron chi connectivity index (χ3n) is 2.71. The van der Waals surface area contributed by atoms with Gasteiger partial charge in [0.15, 0.2) is 5.82 Å². The first-order valence-electron chi connectivity index (χ1n) is 5.41. The molecule has 0 unspecified atom stereocenters. The van der Waals surface area contributed by atoms with Crippen LogP contribution >= 0.6 is 0 Å². The van der Waals surface area contributed by atoms with Gasteiger partial charge in [0.2, 0.25) is 0 Å². The summed E-state index contributed by atoms with van der Waals surface area (Å²) in [6, 6.07) is 0. The average Bonchev–Trinajstić information content (AvgIpc) is 2.12. The Morgan fingerprint density at radius 2 is 2.06 bits per heavy atom. The van der Waals surface area contributed by atoms with Gasteiger partial charge in [0.25, 0.3) is 5.56 Å². The van der Waals surface area contributed by atoms with Crippen molar-refractivity contribution < 1.29 is 5.11 Å². The minimum absolute atomic E-state index is 0.0955. The van der Waals surface area contributed by atoms with Crippen molar-refractivity contribution in [1.29, 1.82) is 0 Å². The maximum absolute atomic E-state index is 12.1. The van der Waals surface area contributed by atoms with Gasteiger partial charge in [-0.05, 0) is 20.8 Å². The van der Waals surface area contributed by atoms with Gasteiger partial charge in [0.1, 0.15) is 0 Å². The fourth-order valence-corrected chi connectivity index (χ4v) is 1.77. The molecule has 0 atom stereocenters. The van der Waals surface area contributed by atoms with Gasteiger partial charge in [-0.25, -0.2) is 4.98 Å². The summed E-state index contributed by atoms with van der Waals surface area (Å²) in [7, 11) is 0. The minimum Gasteiger partial charge on any atom is -0.389 e. The Hall–Kier alpha value is -1.36. The number of aromatic nitrogens is 2. The van der Waals surface area contributed by atoms with Crippen LogP contribution in [0, 0.1) is 0 Å². The average molecular weight is 223 g/mol. The molecule has 2 heterocycles. The largest absolute Gasteiger partial charge is 0.389 e. The van der Waals surface area contributed by atoms with E-state index in [1.807, 2.05) is 20.8 Å². The van der Waals surface area contributed by atoms with E-state index in [9.17, 15) is 9.90 Å². The van der Waals surface area contributed by atoms with Crippen molar-refractivity contribution >= 4 is 5.82 Å². The van der Waals surface area contributed by atoms with Crippen molar-refractivity contribution in [1.82, 2.24) is 9.55 Å². The fraction of sp³-hybridized carbons (Fsp3) is 0.636. The van der Waals surface area contributed by atoms with Crippen LogP contribution in [0.1, 0.15) is 20.8 Å². The van der Waals surface area contributed by atoms with Crippen LogP contribution in [0.4, 0.5) is 5.82 Å². The molecule has 16 heavy (non-hydrogen) atoms. The predicted octanol–water partition coefficient (Wildman–Crippen LogP) is 0.179. The molecule has 0 saturated carbocycles. The van der Waals surface area contributed by atoms with E-state index in [1.54, 1.807) is 21.9 Å². The van der Waals surface area contributed by atoms with Gasteiger partial charge >= 0.3 is 0 Å². The quantitative estimate of drug-likeness (QED) is 0.738. The highest BCUT2D eigenvalue weighted by molar-refractivity contribution is 5.39. The molecule has 1 aliphatic rings. The van der Waals surface area contributed by atoms with Gasteiger partial charge in [0, 0.05) is 31.0 Å². The Morgan fingerprint density at radius 1 is 1.44 bits per heavy atom. The second-order valence-corrected chi connectivity index (χ2v) is 5.16. The zero-order valence-electron chi connectivity index (χ0n) is 9.84. The number of hydrogen-bond acceptors (Lipinski definition) is 4. The van der Waals surface area contributed by atoms with Gasteiger partial charge in [-0.2, -0.15) is 0 Å². The molecule has 1 aliphatic heterocycles. The first-order chi connectivity index (χ1) is 7.39. The number of aliphatic hydroxyl groups is 1. The molecular formula is C11H17N3O2. The maximum Gasteiger partial charge on any atom is 0.293 e. The zero-order chi connectivity index (χ0) is 11.9. The van der Waals surface area contributed by atoms with Gasteiger partial charge in [0.05, 0.1) is 6.10 Å². The molecule has 2 rings (SSSR count). The van der Waals surface area contributed by atoms with Crippen LogP contribution in [0.2, 0.25) is 0 Å². The molecule has 5 nitrogen and oxygen atoms in total. The van der Waals surface area contributed by atoms with E-state index in [2.05, 4.69) is 4.98 Å². The molecule has 5 heteroatoms. The van der Waals surface area contributed by atoms with Crippen molar-refractivity contribution in [2.24, 2.45) is 0 Å². The molecule has 0 bridgehead atoms. The van der Waals surface area contributed by atoms with Crippen LogP contribution in [-0.4, -0.2) is 33.9 Å². The summed E-state index contributed by atoms with van der Waals surface area (Å²) in [5.41, 5.74) is -0.347. The molecule has 0 aliphatic carbocycles. The van der Waals surface area contributed by atoms with Crippen LogP contribution in [0.25, 0.3) is 0 Å². The van der Waals surface area contributed by atoms with E-state index in [1.165, 1.54) is 0 Å². The summed E-state index contributed by atoms with van der Waals surface area (Å²) in [5.74, 6) is 0.433. The lowest BCUT2D eigenvalue weighted by atomic mass is 10.1. The molecule has 0 spiro atoms. The van der Waals surface area contributed by atoms with Gasteiger partial charge in [-0.1, -0.05) is 0 Å². The highest BCUT2D eigenvalue weighted by Gasteiger charge is 2.29. The summed E-state index contributed by atoms with van der Waals surface area (Å²) < 4.78 is 1.67. The summed E-state index contributed by atoms with van der Waals surface area (Å²) in [6.45, 7) is 6.92. The van der Waals surface area contributed by atoms with Crippen LogP contribution in [-0.2, 0) is 5.54 Å². The van der Waals surface area contributed by atoms with Crippen molar-refractivity contribution in [2.75, 3.05) is 18.0 Å². The Bertz CT molecular complexity index is 441. The van der Waals surface area contributed by atoms with Crippen LogP contribution in [0.3, 0.4) is 0 Å². The number of β-amino-alcohol motifs (C(OH)–C–C–N with tert-alkyl or cyclic N) is 1. The number of nitrogens with zero attached hydrogens (tertiary/aromatic N) is 3. The zero-order valence-corrected chi connectivity index (χ0v) is 9.84. The van der Waals surface area contributed by atoms with Crippen LogP contribution in [0.5, 0.6) is 0 Å². The first kappa shape index (κ1) is 11.1. The van der Waals surface area contributed by atoms with Crippen LogP contribution in [0.15, 0.2) is 17.2 Å². The minimum atomic E-state index is -0.329. The summed E-state index contributed by atoms with van der Waals surface area (Å²) >= 11 is 0. The molecule has 0 aromatic carbocycles. The number of anilines is 1. The lowest BCUT2D eigenvalue weighted by molar-refractivity contribution is 0.140. The highest BCUT2D eigenvalue weighted by atomic mass is 16.3. The smallest absolute Gasteiger partial charge is 0.293 e. The van der Waals surface area contributed by atoms with Gasteiger partial charge in [-0.3, -0.25) is 4.79 Å². The SMILES string of the molecule is CC(C)(C)n1ccnc(N2CC(O)C2)c1=O. The summed E-state index contributed by atoms with van der Waals surface area (Å²) in [6.07, 6.45) is 3.00. The molecule has 1 aromatic heterocycles. The normalized spacial score (nSPS) is 17.4. The number of aliphatic hydroxyl groups excluding tert-OH is 1. The topological polar surface area (TPSA) is 58.4 Å². The Kier molecular flexibility index (Phi) is 2.50. The van der Waals surface area contributed by atoms with Gasteiger partial charge < -0.3 is 14.6 Å². The van der Waals surface area contributed by atoms with E-state index in [0.717, 1.165) is 0 Å². The molecule has 0 amide bonds. The maximum atomic E-state index is 12.1. The summed E-state index contributed by atoms with van der Waals surface area (Å²) in [4.78, 5) is 18.0. The Morgan fingerprint density at radius 3 is 2.56 bits per heavy atom. The molecule has 1 aromatic rings. The van der Waals surface area contributed by atoms with E-state index in [-0.39, 0.29) is 17.2 Å². The molecule has 0 radical (unpaired) electrons. The Balaban J connectivity index is 2.38. The molecule has 88 valence electrons. The lowest BCUT2D eigenvalue weighted by Crippen LogP contribution is -2.54. The molecule has 1 fully saturated rings. The standard InChI is InChI=1S/C11H17N3O2/c1-11(2,3)14-5-4-12-9(10(14)16)13-6-8(15)7-13/h4-5,8,15H,6-7H2,1-3H3. The van der Waals surface area contributed by atoms with Crippen molar-refractivity contribution in [3.05, 3.63) is 22.7 Å². The van der Waals surface area contributed by atoms with Crippen LogP contribution < -0.4 is 10.5 Å². The van der Waals surface area contributed by atoms with Crippen molar-refractivity contribution in [3.8, 4) is 0 Å². The third kappa shape index (κ3) is 1.82. The second-order valence-electron chi connectivity index (χ2n) is 5.16. The van der Waals surface area contributed by atoms with E-state index in [4.69, 9.17) is 0 Å². The summed E-state index contributed by atoms with van der Waals surface area (Å²) in [5, 5.41) is 9.22. The van der Waals surface area contributed by atoms with Gasteiger partial charge in [-0.15, -0.1) is 0 Å². The Labute approximate surface area is 94.3 Å². The first-order valence-corrected chi connectivity index (χ1v) is 5.41. The van der Waals surface area contributed by atoms with Crippen molar-refractivity contribution in [3.63, 3.8) is 0 Å². The highest BCUT2D eigenvalue weighted by Crippen LogP contribution is 2.16. The predicted molar refractivity (Wildman–Crippen MR) is 61.7 cm³/mol. The third-order valence-corrected chi connectivity index (χ3v) is 2.71. The molecule has 1 saturated heterocycles. The monoisotopic (exact) mass is 223 g/mol. The lowest BCUT2D eigenvalue weighted by Gasteiger charge is -2.36. The van der Waals surface area contributed by atoms with Crippen molar-refractivity contribution in [2.45, 2.75) is 32.4 Å². The van der Waals surface area contributed by atoms with E-state index < -0.39 is 0 Å². The number of rotatable bonds is 1. The molecular weight excluding hydrogens is 206 g/mol. The second kappa shape index (κ2) is 3.59. The molecule has 1 N–H and O–H groups in total. The number of hydrogen-bond donors (Lipinski definition) is 1. The fourth-order valence-electron chi connectivity index (χ4n) is 1.77. The van der Waals surface area contributed by atoms with E-state index in [0.29, 0.717) is 18.9 Å². The van der Waals surface area contributed by atoms with E-state index >= 15 is 0 Å².